The lowest BCUT2D eigenvalue weighted by Gasteiger charge is -2.06. The van der Waals surface area contributed by atoms with E-state index >= 15 is 0 Å². The average Bonchev–Trinajstić information content (AvgIpc) is 2.54. The largest absolute Gasteiger partial charge is 0.398 e. The fourth-order valence-corrected chi connectivity index (χ4v) is 2.56. The van der Waals surface area contributed by atoms with Crippen molar-refractivity contribution in [3.05, 3.63) is 67.0 Å². The smallest absolute Gasteiger partial charge is 0.0724 e. The summed E-state index contributed by atoms with van der Waals surface area (Å²) in [5.41, 5.74) is 9.69. The summed E-state index contributed by atoms with van der Waals surface area (Å²) in [6.45, 7) is 0. The standard InChI is InChI=1S/C18H13N3/c19-16-6-3-5-13-10-21-18(9-15(13)16)14-8-12-4-1-2-7-17(12)20-11-14/h1-11H,19H2. The van der Waals surface area contributed by atoms with Gasteiger partial charge < -0.3 is 5.73 Å². The molecule has 0 atom stereocenters. The maximum absolute atomic E-state index is 6.05. The minimum Gasteiger partial charge on any atom is -0.398 e. The molecule has 2 heterocycles. The molecule has 3 nitrogen and oxygen atoms in total. The fraction of sp³-hybridized carbons (Fsp3) is 0. The Kier molecular flexibility index (Phi) is 2.57. The van der Waals surface area contributed by atoms with Gasteiger partial charge >= 0.3 is 0 Å². The van der Waals surface area contributed by atoms with E-state index in [0.717, 1.165) is 38.6 Å². The third kappa shape index (κ3) is 1.99. The lowest BCUT2D eigenvalue weighted by atomic mass is 10.1. The third-order valence-electron chi connectivity index (χ3n) is 3.68. The Bertz CT molecular complexity index is 961. The molecule has 0 fully saturated rings. The first-order valence-corrected chi connectivity index (χ1v) is 6.81. The van der Waals surface area contributed by atoms with Crippen LogP contribution in [0.15, 0.2) is 67.0 Å². The maximum atomic E-state index is 6.05. The number of nitrogens with two attached hydrogens (primary N) is 1. The summed E-state index contributed by atoms with van der Waals surface area (Å²) < 4.78 is 0. The minimum atomic E-state index is 0.768. The van der Waals surface area contributed by atoms with Gasteiger partial charge in [-0.15, -0.1) is 0 Å². The monoisotopic (exact) mass is 271 g/mol. The SMILES string of the molecule is Nc1cccc2cnc(-c3cnc4ccccc4c3)cc12. The number of nitrogens with zero attached hydrogens (tertiary/aromatic N) is 2. The summed E-state index contributed by atoms with van der Waals surface area (Å²) in [7, 11) is 0. The van der Waals surface area contributed by atoms with Crippen LogP contribution in [0.2, 0.25) is 0 Å². The molecular formula is C18H13N3. The highest BCUT2D eigenvalue weighted by molar-refractivity contribution is 5.95. The normalized spacial score (nSPS) is 11.0. The molecule has 2 aromatic carbocycles. The van der Waals surface area contributed by atoms with E-state index in [9.17, 15) is 0 Å². The number of hydrogen-bond acceptors (Lipinski definition) is 3. The first-order chi connectivity index (χ1) is 10.3. The van der Waals surface area contributed by atoms with E-state index in [0.29, 0.717) is 0 Å². The van der Waals surface area contributed by atoms with Gasteiger partial charge in [-0.3, -0.25) is 9.97 Å². The van der Waals surface area contributed by atoms with E-state index in [1.807, 2.05) is 54.9 Å². The Labute approximate surface area is 122 Å². The van der Waals surface area contributed by atoms with Gasteiger partial charge in [-0.1, -0.05) is 30.3 Å². The number of hydrogen-bond donors (Lipinski definition) is 1. The van der Waals surface area contributed by atoms with Crippen molar-refractivity contribution in [3.63, 3.8) is 0 Å². The van der Waals surface area contributed by atoms with Crippen molar-refractivity contribution >= 4 is 27.4 Å². The molecule has 0 aliphatic rings. The molecule has 3 heteroatoms. The predicted octanol–water partition coefficient (Wildman–Crippen LogP) is 4.03. The molecule has 0 saturated heterocycles. The number of anilines is 1. The summed E-state index contributed by atoms with van der Waals surface area (Å²) in [6.07, 6.45) is 3.71. The van der Waals surface area contributed by atoms with Gasteiger partial charge in [0.1, 0.15) is 0 Å². The lowest BCUT2D eigenvalue weighted by Crippen LogP contribution is -1.90. The van der Waals surface area contributed by atoms with Crippen molar-refractivity contribution in [3.8, 4) is 11.3 Å². The van der Waals surface area contributed by atoms with E-state index in [-0.39, 0.29) is 0 Å². The molecule has 4 aromatic rings. The molecule has 0 spiro atoms. The van der Waals surface area contributed by atoms with E-state index < -0.39 is 0 Å². The van der Waals surface area contributed by atoms with Crippen molar-refractivity contribution in [2.24, 2.45) is 0 Å². The Balaban J connectivity index is 1.93. The van der Waals surface area contributed by atoms with Crippen LogP contribution in [0.5, 0.6) is 0 Å². The van der Waals surface area contributed by atoms with Gasteiger partial charge in [0.25, 0.3) is 0 Å². The van der Waals surface area contributed by atoms with Crippen LogP contribution in [0.3, 0.4) is 0 Å². The Hall–Kier alpha value is -2.94. The zero-order valence-electron chi connectivity index (χ0n) is 11.3. The Morgan fingerprint density at radius 2 is 1.62 bits per heavy atom. The lowest BCUT2D eigenvalue weighted by molar-refractivity contribution is 1.33. The van der Waals surface area contributed by atoms with Gasteiger partial charge in [0.15, 0.2) is 0 Å². The number of rotatable bonds is 1. The molecule has 0 saturated carbocycles. The van der Waals surface area contributed by atoms with Crippen LogP contribution in [0, 0.1) is 0 Å². The number of fused-ring (bicyclic) bond motifs is 2. The zero-order chi connectivity index (χ0) is 14.2. The van der Waals surface area contributed by atoms with E-state index in [1.54, 1.807) is 0 Å². The molecule has 100 valence electrons. The first kappa shape index (κ1) is 11.9. The summed E-state index contributed by atoms with van der Waals surface area (Å²) in [5, 5.41) is 3.18. The van der Waals surface area contributed by atoms with Crippen LogP contribution in [-0.2, 0) is 0 Å². The van der Waals surface area contributed by atoms with Gasteiger partial charge in [0.05, 0.1) is 11.2 Å². The minimum absolute atomic E-state index is 0.768. The number of benzene rings is 2. The molecule has 21 heavy (non-hydrogen) atoms. The topological polar surface area (TPSA) is 51.8 Å². The number of nitrogen functional groups attached to an aromatic ring is 1. The van der Waals surface area contributed by atoms with Crippen LogP contribution < -0.4 is 5.73 Å². The van der Waals surface area contributed by atoms with E-state index in [1.165, 1.54) is 0 Å². The van der Waals surface area contributed by atoms with Crippen LogP contribution in [-0.4, -0.2) is 9.97 Å². The molecule has 0 aliphatic heterocycles. The average molecular weight is 271 g/mol. The first-order valence-electron chi connectivity index (χ1n) is 6.81. The van der Waals surface area contributed by atoms with Crippen molar-refractivity contribution < 1.29 is 0 Å². The zero-order valence-corrected chi connectivity index (χ0v) is 11.3. The molecule has 4 rings (SSSR count). The third-order valence-corrected chi connectivity index (χ3v) is 3.68. The Morgan fingerprint density at radius 1 is 0.762 bits per heavy atom. The van der Waals surface area contributed by atoms with Crippen LogP contribution in [0.1, 0.15) is 0 Å². The second-order valence-electron chi connectivity index (χ2n) is 5.05. The summed E-state index contributed by atoms with van der Waals surface area (Å²) in [4.78, 5) is 9.02. The second kappa shape index (κ2) is 4.56. The molecular weight excluding hydrogens is 258 g/mol. The number of para-hydroxylation sites is 1. The molecule has 0 amide bonds. The second-order valence-corrected chi connectivity index (χ2v) is 5.05. The van der Waals surface area contributed by atoms with Crippen molar-refractivity contribution in [2.45, 2.75) is 0 Å². The van der Waals surface area contributed by atoms with Gasteiger partial charge in [0, 0.05) is 39.8 Å². The maximum Gasteiger partial charge on any atom is 0.0724 e. The van der Waals surface area contributed by atoms with E-state index in [4.69, 9.17) is 5.73 Å². The molecule has 0 radical (unpaired) electrons. The highest BCUT2D eigenvalue weighted by Crippen LogP contribution is 2.26. The highest BCUT2D eigenvalue weighted by Gasteiger charge is 2.05. The number of aromatic nitrogens is 2. The van der Waals surface area contributed by atoms with E-state index in [2.05, 4.69) is 22.1 Å². The fourth-order valence-electron chi connectivity index (χ4n) is 2.56. The highest BCUT2D eigenvalue weighted by atomic mass is 14.7. The number of pyridine rings is 2. The van der Waals surface area contributed by atoms with Gasteiger partial charge in [-0.25, -0.2) is 0 Å². The summed E-state index contributed by atoms with van der Waals surface area (Å²) >= 11 is 0. The van der Waals surface area contributed by atoms with Gasteiger partial charge in [0.2, 0.25) is 0 Å². The van der Waals surface area contributed by atoms with Crippen LogP contribution in [0.4, 0.5) is 5.69 Å². The van der Waals surface area contributed by atoms with Crippen LogP contribution in [0.25, 0.3) is 32.9 Å². The van der Waals surface area contributed by atoms with Crippen LogP contribution >= 0.6 is 0 Å². The van der Waals surface area contributed by atoms with Gasteiger partial charge in [-0.05, 0) is 24.3 Å². The van der Waals surface area contributed by atoms with Gasteiger partial charge in [-0.2, -0.15) is 0 Å². The Morgan fingerprint density at radius 3 is 2.57 bits per heavy atom. The predicted molar refractivity (Wildman–Crippen MR) is 86.9 cm³/mol. The summed E-state index contributed by atoms with van der Waals surface area (Å²) in [6, 6.07) is 18.1. The van der Waals surface area contributed by atoms with Crippen molar-refractivity contribution in [1.29, 1.82) is 0 Å². The summed E-state index contributed by atoms with van der Waals surface area (Å²) in [5.74, 6) is 0. The van der Waals surface area contributed by atoms with Crippen molar-refractivity contribution in [2.75, 3.05) is 5.73 Å². The molecule has 2 N–H and O–H groups in total. The molecule has 0 aliphatic carbocycles. The quantitative estimate of drug-likeness (QED) is 0.532. The molecule has 0 bridgehead atoms. The molecule has 0 unspecified atom stereocenters. The van der Waals surface area contributed by atoms with Crippen molar-refractivity contribution in [1.82, 2.24) is 9.97 Å². The molecule has 2 aromatic heterocycles.